The van der Waals surface area contributed by atoms with Crippen molar-refractivity contribution in [2.24, 2.45) is 5.92 Å². The summed E-state index contributed by atoms with van der Waals surface area (Å²) in [5.41, 5.74) is 2.23. The quantitative estimate of drug-likeness (QED) is 0.737. The SMILES string of the molecule is Cc1nc(N2CCC[C@@H](C(=O)Nc3ccc(F)cc3)C2)c2c(C)c(C)oc2n1. The smallest absolute Gasteiger partial charge is 0.231 e. The summed E-state index contributed by atoms with van der Waals surface area (Å²) < 4.78 is 18.9. The Kier molecular flexibility index (Phi) is 4.75. The van der Waals surface area contributed by atoms with Gasteiger partial charge in [-0.1, -0.05) is 0 Å². The number of piperidine rings is 1. The van der Waals surface area contributed by atoms with Gasteiger partial charge in [0.25, 0.3) is 0 Å². The van der Waals surface area contributed by atoms with Gasteiger partial charge in [0.1, 0.15) is 23.2 Å². The van der Waals surface area contributed by atoms with Crippen LogP contribution < -0.4 is 10.2 Å². The van der Waals surface area contributed by atoms with Gasteiger partial charge in [0.2, 0.25) is 11.6 Å². The highest BCUT2D eigenvalue weighted by Gasteiger charge is 2.29. The fraction of sp³-hybridized carbons (Fsp3) is 0.381. The highest BCUT2D eigenvalue weighted by Crippen LogP contribution is 2.33. The minimum absolute atomic E-state index is 0.0570. The lowest BCUT2D eigenvalue weighted by molar-refractivity contribution is -0.120. The highest BCUT2D eigenvalue weighted by molar-refractivity contribution is 5.94. The molecule has 7 heteroatoms. The molecule has 4 rings (SSSR count). The van der Waals surface area contributed by atoms with E-state index in [-0.39, 0.29) is 17.6 Å². The molecule has 28 heavy (non-hydrogen) atoms. The van der Waals surface area contributed by atoms with Gasteiger partial charge in [-0.25, -0.2) is 9.37 Å². The van der Waals surface area contributed by atoms with Crippen LogP contribution in [-0.4, -0.2) is 29.0 Å². The van der Waals surface area contributed by atoms with Crippen LogP contribution in [0, 0.1) is 32.5 Å². The molecule has 0 aliphatic carbocycles. The molecule has 3 heterocycles. The summed E-state index contributed by atoms with van der Waals surface area (Å²) in [4.78, 5) is 24.0. The van der Waals surface area contributed by atoms with Crippen molar-refractivity contribution < 1.29 is 13.6 Å². The van der Waals surface area contributed by atoms with Crippen LogP contribution in [-0.2, 0) is 4.79 Å². The van der Waals surface area contributed by atoms with Gasteiger partial charge in [-0.05, 0) is 57.9 Å². The Hall–Kier alpha value is -2.96. The van der Waals surface area contributed by atoms with Crippen LogP contribution in [0.1, 0.15) is 30.0 Å². The van der Waals surface area contributed by atoms with Crippen molar-refractivity contribution in [1.82, 2.24) is 9.97 Å². The number of fused-ring (bicyclic) bond motifs is 1. The number of nitrogens with one attached hydrogen (secondary N) is 1. The van der Waals surface area contributed by atoms with E-state index in [4.69, 9.17) is 4.42 Å². The summed E-state index contributed by atoms with van der Waals surface area (Å²) in [5.74, 6) is 1.76. The number of amides is 1. The standard InChI is InChI=1S/C21H23FN4O2/c1-12-13(2)28-21-18(12)19(23-14(3)24-21)26-10-4-5-15(11-26)20(27)25-17-8-6-16(22)7-9-17/h6-9,15H,4-5,10-11H2,1-3H3,(H,25,27)/t15-/m1/s1. The van der Waals surface area contributed by atoms with Gasteiger partial charge in [0.15, 0.2) is 0 Å². The predicted molar refractivity (Wildman–Crippen MR) is 106 cm³/mol. The second-order valence-corrected chi connectivity index (χ2v) is 7.34. The van der Waals surface area contributed by atoms with E-state index >= 15 is 0 Å². The number of halogens is 1. The Bertz CT molecular complexity index is 1030. The first-order chi connectivity index (χ1) is 13.4. The largest absolute Gasteiger partial charge is 0.443 e. The molecular formula is C21H23FN4O2. The summed E-state index contributed by atoms with van der Waals surface area (Å²) in [6.07, 6.45) is 1.70. The van der Waals surface area contributed by atoms with Crippen LogP contribution in [0.25, 0.3) is 11.1 Å². The molecule has 0 bridgehead atoms. The van der Waals surface area contributed by atoms with Crippen LogP contribution in [0.5, 0.6) is 0 Å². The third-order valence-electron chi connectivity index (χ3n) is 5.32. The molecule has 2 aromatic heterocycles. The monoisotopic (exact) mass is 382 g/mol. The number of carbonyl (C=O) groups excluding carboxylic acids is 1. The van der Waals surface area contributed by atoms with E-state index in [1.807, 2.05) is 20.8 Å². The molecule has 3 aromatic rings. The number of hydrogen-bond acceptors (Lipinski definition) is 5. The summed E-state index contributed by atoms with van der Waals surface area (Å²) in [5, 5.41) is 3.81. The molecule has 1 atom stereocenters. The van der Waals surface area contributed by atoms with Crippen molar-refractivity contribution in [1.29, 1.82) is 0 Å². The number of anilines is 2. The van der Waals surface area contributed by atoms with Gasteiger partial charge in [0, 0.05) is 24.3 Å². The lowest BCUT2D eigenvalue weighted by Crippen LogP contribution is -2.41. The van der Waals surface area contributed by atoms with Gasteiger partial charge in [-0.3, -0.25) is 4.79 Å². The van der Waals surface area contributed by atoms with Gasteiger partial charge in [-0.15, -0.1) is 0 Å². The highest BCUT2D eigenvalue weighted by atomic mass is 19.1. The first-order valence-electron chi connectivity index (χ1n) is 9.48. The number of nitrogens with zero attached hydrogens (tertiary/aromatic N) is 3. The first-order valence-corrected chi connectivity index (χ1v) is 9.48. The first kappa shape index (κ1) is 18.4. The average Bonchev–Trinajstić information content (AvgIpc) is 2.96. The zero-order valence-electron chi connectivity index (χ0n) is 16.3. The number of carbonyl (C=O) groups is 1. The fourth-order valence-corrected chi connectivity index (χ4v) is 3.72. The molecule has 0 radical (unpaired) electrons. The van der Waals surface area contributed by atoms with Gasteiger partial charge >= 0.3 is 0 Å². The molecule has 1 aliphatic heterocycles. The minimum atomic E-state index is -0.323. The molecule has 146 valence electrons. The summed E-state index contributed by atoms with van der Waals surface area (Å²) in [6.45, 7) is 7.17. The molecule has 1 fully saturated rings. The molecule has 0 saturated carbocycles. The van der Waals surface area contributed by atoms with E-state index in [0.29, 0.717) is 23.8 Å². The maximum Gasteiger partial charge on any atom is 0.231 e. The van der Waals surface area contributed by atoms with Crippen LogP contribution in [0.15, 0.2) is 28.7 Å². The maximum atomic E-state index is 13.1. The Morgan fingerprint density at radius 3 is 2.71 bits per heavy atom. The summed E-state index contributed by atoms with van der Waals surface area (Å²) in [7, 11) is 0. The molecular weight excluding hydrogens is 359 g/mol. The molecule has 1 aliphatic rings. The molecule has 6 nitrogen and oxygen atoms in total. The van der Waals surface area contributed by atoms with Crippen molar-refractivity contribution in [3.05, 3.63) is 47.2 Å². The number of benzene rings is 1. The second-order valence-electron chi connectivity index (χ2n) is 7.34. The molecule has 0 spiro atoms. The van der Waals surface area contributed by atoms with E-state index in [9.17, 15) is 9.18 Å². The molecule has 1 aromatic carbocycles. The number of aryl methyl sites for hydroxylation is 3. The third kappa shape index (κ3) is 3.44. The van der Waals surface area contributed by atoms with E-state index in [2.05, 4.69) is 20.2 Å². The zero-order valence-corrected chi connectivity index (χ0v) is 16.3. The lowest BCUT2D eigenvalue weighted by Gasteiger charge is -2.33. The Morgan fingerprint density at radius 2 is 1.96 bits per heavy atom. The molecule has 1 N–H and O–H groups in total. The van der Waals surface area contributed by atoms with Crippen LogP contribution >= 0.6 is 0 Å². The van der Waals surface area contributed by atoms with Gasteiger partial charge in [-0.2, -0.15) is 4.98 Å². The van der Waals surface area contributed by atoms with E-state index in [1.54, 1.807) is 12.1 Å². The van der Waals surface area contributed by atoms with E-state index < -0.39 is 0 Å². The number of hydrogen-bond donors (Lipinski definition) is 1. The molecule has 1 saturated heterocycles. The van der Waals surface area contributed by atoms with Crippen molar-refractivity contribution in [2.75, 3.05) is 23.3 Å². The van der Waals surface area contributed by atoms with Crippen LogP contribution in [0.3, 0.4) is 0 Å². The van der Waals surface area contributed by atoms with Crippen molar-refractivity contribution >= 4 is 28.5 Å². The molecule has 1 amide bonds. The Labute approximate surface area is 162 Å². The Balaban J connectivity index is 1.58. The average molecular weight is 382 g/mol. The van der Waals surface area contributed by atoms with Gasteiger partial charge < -0.3 is 14.6 Å². The minimum Gasteiger partial charge on any atom is -0.443 e. The number of aromatic nitrogens is 2. The lowest BCUT2D eigenvalue weighted by atomic mass is 9.96. The van der Waals surface area contributed by atoms with Crippen molar-refractivity contribution in [2.45, 2.75) is 33.6 Å². The van der Waals surface area contributed by atoms with Crippen molar-refractivity contribution in [3.8, 4) is 0 Å². The van der Waals surface area contributed by atoms with Gasteiger partial charge in [0.05, 0.1) is 11.3 Å². The zero-order chi connectivity index (χ0) is 19.8. The topological polar surface area (TPSA) is 71.3 Å². The predicted octanol–water partition coefficient (Wildman–Crippen LogP) is 4.14. The summed E-state index contributed by atoms with van der Waals surface area (Å²) in [6, 6.07) is 5.83. The maximum absolute atomic E-state index is 13.1. The van der Waals surface area contributed by atoms with E-state index in [1.165, 1.54) is 12.1 Å². The normalized spacial score (nSPS) is 17.1. The Morgan fingerprint density at radius 1 is 1.21 bits per heavy atom. The summed E-state index contributed by atoms with van der Waals surface area (Å²) >= 11 is 0. The molecule has 0 unspecified atom stereocenters. The third-order valence-corrected chi connectivity index (χ3v) is 5.32. The van der Waals surface area contributed by atoms with Crippen LogP contribution in [0.4, 0.5) is 15.9 Å². The second kappa shape index (κ2) is 7.22. The fourth-order valence-electron chi connectivity index (χ4n) is 3.72. The van der Waals surface area contributed by atoms with Crippen molar-refractivity contribution in [3.63, 3.8) is 0 Å². The number of rotatable bonds is 3. The van der Waals surface area contributed by atoms with Crippen LogP contribution in [0.2, 0.25) is 0 Å². The number of furan rings is 1. The van der Waals surface area contributed by atoms with E-state index in [0.717, 1.165) is 41.9 Å².